The topological polar surface area (TPSA) is 58.2 Å². The normalized spacial score (nSPS) is 14.7. The summed E-state index contributed by atoms with van der Waals surface area (Å²) in [4.78, 5) is 0. The second kappa shape index (κ2) is 7.25. The molecule has 16 heavy (non-hydrogen) atoms. The third-order valence-corrected chi connectivity index (χ3v) is 3.90. The molecule has 0 heterocycles. The van der Waals surface area contributed by atoms with Crippen LogP contribution in [-0.2, 0) is 10.0 Å². The van der Waals surface area contributed by atoms with E-state index in [0.29, 0.717) is 18.5 Å². The molecule has 0 amide bonds. The first-order valence-corrected chi connectivity index (χ1v) is 7.67. The maximum Gasteiger partial charge on any atom is 0.213 e. The van der Waals surface area contributed by atoms with Crippen molar-refractivity contribution in [3.05, 3.63) is 0 Å². The van der Waals surface area contributed by atoms with Crippen LogP contribution in [0.15, 0.2) is 0 Å². The Hall–Kier alpha value is -0.130. The summed E-state index contributed by atoms with van der Waals surface area (Å²) >= 11 is 0. The third kappa shape index (κ3) is 7.19. The molecule has 0 radical (unpaired) electrons. The molecule has 1 atom stereocenters. The van der Waals surface area contributed by atoms with E-state index in [1.807, 2.05) is 34.6 Å². The van der Waals surface area contributed by atoms with E-state index in [0.717, 1.165) is 6.42 Å². The Morgan fingerprint density at radius 3 is 2.06 bits per heavy atom. The van der Waals surface area contributed by atoms with Crippen molar-refractivity contribution < 1.29 is 8.42 Å². The summed E-state index contributed by atoms with van der Waals surface area (Å²) in [5, 5.41) is 3.10. The summed E-state index contributed by atoms with van der Waals surface area (Å²) in [5.74, 6) is 0.479. The zero-order valence-electron chi connectivity index (χ0n) is 11.1. The Labute approximate surface area is 100 Å². The van der Waals surface area contributed by atoms with Crippen LogP contribution in [0.25, 0.3) is 0 Å². The van der Waals surface area contributed by atoms with Gasteiger partial charge in [-0.1, -0.05) is 34.6 Å². The quantitative estimate of drug-likeness (QED) is 0.683. The van der Waals surface area contributed by atoms with Gasteiger partial charge in [-0.25, -0.2) is 13.1 Å². The fourth-order valence-electron chi connectivity index (χ4n) is 1.46. The van der Waals surface area contributed by atoms with Crippen molar-refractivity contribution >= 4 is 10.0 Å². The number of rotatable bonds is 8. The molecule has 2 N–H and O–H groups in total. The second-order valence-electron chi connectivity index (χ2n) is 4.80. The molecule has 0 fully saturated rings. The highest BCUT2D eigenvalue weighted by atomic mass is 32.2. The standard InChI is InChI=1S/C11H26N2O2S/c1-6-11(9(2)3)13-16(14,15)8-7-12-10(4)5/h9-13H,6-8H2,1-5H3. The molecule has 1 unspecified atom stereocenters. The first kappa shape index (κ1) is 15.9. The first-order chi connectivity index (χ1) is 7.28. The van der Waals surface area contributed by atoms with Crippen LogP contribution < -0.4 is 10.0 Å². The zero-order chi connectivity index (χ0) is 12.8. The molecule has 0 aromatic carbocycles. The highest BCUT2D eigenvalue weighted by molar-refractivity contribution is 7.89. The minimum Gasteiger partial charge on any atom is -0.313 e. The Balaban J connectivity index is 4.13. The summed E-state index contributed by atoms with van der Waals surface area (Å²) in [7, 11) is -3.15. The highest BCUT2D eigenvalue weighted by Gasteiger charge is 2.18. The predicted molar refractivity (Wildman–Crippen MR) is 69.0 cm³/mol. The Kier molecular flexibility index (Phi) is 7.19. The van der Waals surface area contributed by atoms with Crippen molar-refractivity contribution in [3.63, 3.8) is 0 Å². The summed E-state index contributed by atoms with van der Waals surface area (Å²) in [5.41, 5.74) is 0. The molecule has 0 saturated heterocycles. The van der Waals surface area contributed by atoms with Gasteiger partial charge in [0.15, 0.2) is 0 Å². The monoisotopic (exact) mass is 250 g/mol. The van der Waals surface area contributed by atoms with Crippen LogP contribution >= 0.6 is 0 Å². The average molecular weight is 250 g/mol. The van der Waals surface area contributed by atoms with Crippen LogP contribution in [0.3, 0.4) is 0 Å². The lowest BCUT2D eigenvalue weighted by atomic mass is 10.0. The minimum atomic E-state index is -3.15. The van der Waals surface area contributed by atoms with Crippen LogP contribution in [0.4, 0.5) is 0 Å². The van der Waals surface area contributed by atoms with Gasteiger partial charge in [0.1, 0.15) is 0 Å². The molecular weight excluding hydrogens is 224 g/mol. The smallest absolute Gasteiger partial charge is 0.213 e. The zero-order valence-corrected chi connectivity index (χ0v) is 11.9. The van der Waals surface area contributed by atoms with E-state index >= 15 is 0 Å². The van der Waals surface area contributed by atoms with E-state index in [9.17, 15) is 8.42 Å². The van der Waals surface area contributed by atoms with Crippen LogP contribution in [-0.4, -0.2) is 32.8 Å². The van der Waals surface area contributed by atoms with Crippen molar-refractivity contribution in [3.8, 4) is 0 Å². The van der Waals surface area contributed by atoms with Crippen molar-refractivity contribution in [1.82, 2.24) is 10.0 Å². The summed E-state index contributed by atoms with van der Waals surface area (Å²) in [6.45, 7) is 10.6. The Bertz CT molecular complexity index is 274. The molecular formula is C11H26N2O2S. The maximum absolute atomic E-state index is 11.7. The van der Waals surface area contributed by atoms with Gasteiger partial charge in [-0.3, -0.25) is 0 Å². The maximum atomic E-state index is 11.7. The van der Waals surface area contributed by atoms with Crippen molar-refractivity contribution in [1.29, 1.82) is 0 Å². The van der Waals surface area contributed by atoms with Gasteiger partial charge in [0.05, 0.1) is 5.75 Å². The number of hydrogen-bond acceptors (Lipinski definition) is 3. The fraction of sp³-hybridized carbons (Fsp3) is 1.00. The Morgan fingerprint density at radius 2 is 1.69 bits per heavy atom. The number of nitrogens with one attached hydrogen (secondary N) is 2. The Morgan fingerprint density at radius 1 is 1.12 bits per heavy atom. The van der Waals surface area contributed by atoms with Crippen LogP contribution in [0.5, 0.6) is 0 Å². The minimum absolute atomic E-state index is 0.0454. The van der Waals surface area contributed by atoms with Gasteiger partial charge >= 0.3 is 0 Å². The van der Waals surface area contributed by atoms with Crippen molar-refractivity contribution in [2.45, 2.75) is 53.1 Å². The average Bonchev–Trinajstić information content (AvgIpc) is 2.12. The molecule has 0 bridgehead atoms. The number of hydrogen-bond donors (Lipinski definition) is 2. The van der Waals surface area contributed by atoms with Gasteiger partial charge < -0.3 is 5.32 Å². The summed E-state index contributed by atoms with van der Waals surface area (Å²) in [6, 6.07) is 0.367. The predicted octanol–water partition coefficient (Wildman–Crippen LogP) is 1.34. The van der Waals surface area contributed by atoms with Crippen LogP contribution in [0, 0.1) is 5.92 Å². The SMILES string of the molecule is CCC(NS(=O)(=O)CCNC(C)C)C(C)C. The van der Waals surface area contributed by atoms with E-state index in [1.165, 1.54) is 0 Å². The van der Waals surface area contributed by atoms with Gasteiger partial charge in [-0.15, -0.1) is 0 Å². The molecule has 0 aromatic heterocycles. The molecule has 0 aliphatic carbocycles. The van der Waals surface area contributed by atoms with Gasteiger partial charge in [0, 0.05) is 18.6 Å². The van der Waals surface area contributed by atoms with E-state index in [4.69, 9.17) is 0 Å². The molecule has 4 nitrogen and oxygen atoms in total. The van der Waals surface area contributed by atoms with E-state index in [1.54, 1.807) is 0 Å². The summed E-state index contributed by atoms with van der Waals surface area (Å²) < 4.78 is 26.2. The van der Waals surface area contributed by atoms with Gasteiger partial charge in [0.2, 0.25) is 10.0 Å². The molecule has 0 aliphatic rings. The first-order valence-electron chi connectivity index (χ1n) is 6.02. The molecule has 0 spiro atoms. The van der Waals surface area contributed by atoms with E-state index in [-0.39, 0.29) is 11.8 Å². The largest absolute Gasteiger partial charge is 0.313 e. The highest BCUT2D eigenvalue weighted by Crippen LogP contribution is 2.06. The molecule has 0 rings (SSSR count). The second-order valence-corrected chi connectivity index (χ2v) is 6.68. The van der Waals surface area contributed by atoms with Crippen LogP contribution in [0.2, 0.25) is 0 Å². The van der Waals surface area contributed by atoms with Crippen molar-refractivity contribution in [2.75, 3.05) is 12.3 Å². The molecule has 0 aromatic rings. The number of sulfonamides is 1. The molecule has 5 heteroatoms. The van der Waals surface area contributed by atoms with Gasteiger partial charge in [0.25, 0.3) is 0 Å². The van der Waals surface area contributed by atoms with Gasteiger partial charge in [-0.05, 0) is 12.3 Å². The molecule has 0 saturated carbocycles. The lowest BCUT2D eigenvalue weighted by Crippen LogP contribution is -2.41. The van der Waals surface area contributed by atoms with E-state index in [2.05, 4.69) is 10.0 Å². The van der Waals surface area contributed by atoms with E-state index < -0.39 is 10.0 Å². The van der Waals surface area contributed by atoms with Crippen molar-refractivity contribution in [2.24, 2.45) is 5.92 Å². The fourth-order valence-corrected chi connectivity index (χ4v) is 2.87. The third-order valence-electron chi connectivity index (χ3n) is 2.50. The summed E-state index contributed by atoms with van der Waals surface area (Å²) in [6.07, 6.45) is 0.828. The lowest BCUT2D eigenvalue weighted by molar-refractivity contribution is 0.436. The van der Waals surface area contributed by atoms with Gasteiger partial charge in [-0.2, -0.15) is 0 Å². The molecule has 0 aliphatic heterocycles. The molecule has 98 valence electrons. The van der Waals surface area contributed by atoms with Crippen LogP contribution in [0.1, 0.15) is 41.0 Å². The lowest BCUT2D eigenvalue weighted by Gasteiger charge is -2.20.